The van der Waals surface area contributed by atoms with Crippen LogP contribution >= 0.6 is 11.8 Å². The zero-order chi connectivity index (χ0) is 26.0. The van der Waals surface area contributed by atoms with Gasteiger partial charge in [0.05, 0.1) is 19.0 Å². The van der Waals surface area contributed by atoms with Crippen LogP contribution in [0.25, 0.3) is 10.9 Å². The average molecular weight is 508 g/mol. The molecule has 0 aliphatic carbocycles. The van der Waals surface area contributed by atoms with Crippen molar-refractivity contribution in [2.24, 2.45) is 5.73 Å². The second-order valence-corrected chi connectivity index (χ2v) is 8.77. The Morgan fingerprint density at radius 3 is 2.43 bits per heavy atom. The van der Waals surface area contributed by atoms with Gasteiger partial charge in [-0.3, -0.25) is 19.2 Å². The molecule has 8 N–H and O–H groups in total. The predicted octanol–water partition coefficient (Wildman–Crippen LogP) is -0.564. The fraction of sp³-hybridized carbons (Fsp3) is 0.409. The summed E-state index contributed by atoms with van der Waals surface area (Å²) in [4.78, 5) is 62.7. The van der Waals surface area contributed by atoms with Gasteiger partial charge >= 0.3 is 11.9 Å². The number of amides is 3. The Bertz CT molecular complexity index is 1070. The fourth-order valence-corrected chi connectivity index (χ4v) is 3.79. The molecule has 1 aromatic carbocycles. The van der Waals surface area contributed by atoms with E-state index in [1.807, 2.05) is 24.3 Å². The van der Waals surface area contributed by atoms with Crippen molar-refractivity contribution in [2.75, 3.05) is 18.6 Å². The van der Waals surface area contributed by atoms with Crippen LogP contribution in [0.15, 0.2) is 30.5 Å². The molecule has 0 aliphatic rings. The highest BCUT2D eigenvalue weighted by atomic mass is 32.2. The minimum Gasteiger partial charge on any atom is -0.481 e. The standard InChI is InChI=1S/C22H29N5O7S/c1-35-7-6-16(22(33)34)27-21(32)17(9-19(29)30)26-18(28)11-25-20(31)14(23)8-12-10-24-15-5-3-2-4-13(12)15/h2-5,10,14,16-17,24H,6-9,11,23H2,1H3,(H,25,31)(H,26,28)(H,27,32)(H,29,30)(H,33,34). The molecule has 0 bridgehead atoms. The van der Waals surface area contributed by atoms with Crippen molar-refractivity contribution in [3.05, 3.63) is 36.0 Å². The van der Waals surface area contributed by atoms with Crippen LogP contribution in [0.5, 0.6) is 0 Å². The second-order valence-electron chi connectivity index (χ2n) is 7.79. The first-order valence-electron chi connectivity index (χ1n) is 10.7. The number of carbonyl (C=O) groups is 5. The van der Waals surface area contributed by atoms with Crippen LogP contribution in [0.2, 0.25) is 0 Å². The van der Waals surface area contributed by atoms with Crippen molar-refractivity contribution in [3.8, 4) is 0 Å². The third kappa shape index (κ3) is 8.61. The second kappa shape index (κ2) is 13.3. The Labute approximate surface area is 205 Å². The maximum Gasteiger partial charge on any atom is 0.326 e. The number of aromatic amines is 1. The predicted molar refractivity (Wildman–Crippen MR) is 130 cm³/mol. The lowest BCUT2D eigenvalue weighted by Gasteiger charge is -2.20. The van der Waals surface area contributed by atoms with Gasteiger partial charge in [-0.05, 0) is 36.5 Å². The molecule has 0 saturated heterocycles. The number of hydrogen-bond donors (Lipinski definition) is 7. The molecule has 35 heavy (non-hydrogen) atoms. The average Bonchev–Trinajstić information content (AvgIpc) is 3.21. The van der Waals surface area contributed by atoms with E-state index in [0.29, 0.717) is 5.75 Å². The Kier molecular flexibility index (Phi) is 10.5. The first kappa shape index (κ1) is 27.7. The Balaban J connectivity index is 1.91. The maximum atomic E-state index is 12.5. The Morgan fingerprint density at radius 2 is 1.77 bits per heavy atom. The third-order valence-corrected chi connectivity index (χ3v) is 5.77. The molecule has 0 aliphatic heterocycles. The van der Waals surface area contributed by atoms with E-state index in [9.17, 15) is 29.1 Å². The number of aromatic nitrogens is 1. The Morgan fingerprint density at radius 1 is 1.06 bits per heavy atom. The first-order valence-corrected chi connectivity index (χ1v) is 12.1. The lowest BCUT2D eigenvalue weighted by atomic mass is 10.1. The highest BCUT2D eigenvalue weighted by Crippen LogP contribution is 2.18. The molecular formula is C22H29N5O7S. The van der Waals surface area contributed by atoms with E-state index in [4.69, 9.17) is 10.8 Å². The summed E-state index contributed by atoms with van der Waals surface area (Å²) in [6.45, 7) is -0.543. The number of para-hydroxylation sites is 1. The van der Waals surface area contributed by atoms with Gasteiger partial charge in [-0.2, -0.15) is 11.8 Å². The molecule has 2 aromatic rings. The lowest BCUT2D eigenvalue weighted by molar-refractivity contribution is -0.143. The van der Waals surface area contributed by atoms with Crippen LogP contribution in [0, 0.1) is 0 Å². The monoisotopic (exact) mass is 507 g/mol. The van der Waals surface area contributed by atoms with E-state index in [1.165, 1.54) is 11.8 Å². The quantitative estimate of drug-likeness (QED) is 0.175. The van der Waals surface area contributed by atoms with Crippen molar-refractivity contribution in [2.45, 2.75) is 37.4 Å². The summed E-state index contributed by atoms with van der Waals surface area (Å²) in [6, 6.07) is 3.81. The molecule has 0 radical (unpaired) electrons. The van der Waals surface area contributed by atoms with Crippen LogP contribution in [0.3, 0.4) is 0 Å². The maximum absolute atomic E-state index is 12.5. The summed E-state index contributed by atoms with van der Waals surface area (Å²) in [7, 11) is 0. The summed E-state index contributed by atoms with van der Waals surface area (Å²) < 4.78 is 0. The third-order valence-electron chi connectivity index (χ3n) is 5.13. The number of carboxylic acid groups (broad SMARTS) is 2. The molecule has 2 rings (SSSR count). The molecule has 13 heteroatoms. The number of fused-ring (bicyclic) bond motifs is 1. The van der Waals surface area contributed by atoms with E-state index < -0.39 is 60.8 Å². The van der Waals surface area contributed by atoms with Gasteiger partial charge in [-0.15, -0.1) is 0 Å². The van der Waals surface area contributed by atoms with E-state index in [1.54, 1.807) is 12.5 Å². The molecule has 0 saturated carbocycles. The van der Waals surface area contributed by atoms with E-state index >= 15 is 0 Å². The highest BCUT2D eigenvalue weighted by molar-refractivity contribution is 7.98. The topological polar surface area (TPSA) is 204 Å². The van der Waals surface area contributed by atoms with E-state index in [2.05, 4.69) is 20.9 Å². The van der Waals surface area contributed by atoms with Gasteiger partial charge in [-0.25, -0.2) is 4.79 Å². The summed E-state index contributed by atoms with van der Waals surface area (Å²) in [5.74, 6) is -4.56. The number of thioether (sulfide) groups is 1. The SMILES string of the molecule is CSCCC(NC(=O)C(CC(=O)O)NC(=O)CNC(=O)C(N)Cc1c[nH]c2ccccc12)C(=O)O. The Hall–Kier alpha value is -3.58. The van der Waals surface area contributed by atoms with Crippen molar-refractivity contribution < 1.29 is 34.2 Å². The number of carbonyl (C=O) groups excluding carboxylic acids is 3. The molecule has 12 nitrogen and oxygen atoms in total. The zero-order valence-electron chi connectivity index (χ0n) is 19.1. The summed E-state index contributed by atoms with van der Waals surface area (Å²) in [5.41, 5.74) is 7.70. The van der Waals surface area contributed by atoms with Crippen molar-refractivity contribution >= 4 is 52.3 Å². The summed E-state index contributed by atoms with van der Waals surface area (Å²) >= 11 is 1.39. The number of nitrogens with two attached hydrogens (primary N) is 1. The number of hydrogen-bond acceptors (Lipinski definition) is 7. The van der Waals surface area contributed by atoms with Gasteiger partial charge < -0.3 is 36.9 Å². The molecule has 0 fully saturated rings. The van der Waals surface area contributed by atoms with Gasteiger partial charge in [0.25, 0.3) is 0 Å². The van der Waals surface area contributed by atoms with E-state index in [0.717, 1.165) is 16.5 Å². The molecule has 3 amide bonds. The number of rotatable bonds is 14. The van der Waals surface area contributed by atoms with Gasteiger partial charge in [0, 0.05) is 17.1 Å². The number of nitrogens with one attached hydrogen (secondary N) is 4. The lowest BCUT2D eigenvalue weighted by Crippen LogP contribution is -2.54. The first-order chi connectivity index (χ1) is 16.6. The van der Waals surface area contributed by atoms with Crippen molar-refractivity contribution in [1.82, 2.24) is 20.9 Å². The molecule has 3 unspecified atom stereocenters. The van der Waals surface area contributed by atoms with Gasteiger partial charge in [-0.1, -0.05) is 18.2 Å². The molecule has 190 valence electrons. The van der Waals surface area contributed by atoms with Gasteiger partial charge in [0.1, 0.15) is 12.1 Å². The fourth-order valence-electron chi connectivity index (χ4n) is 3.32. The van der Waals surface area contributed by atoms with Crippen LogP contribution in [0.4, 0.5) is 0 Å². The van der Waals surface area contributed by atoms with Crippen LogP contribution < -0.4 is 21.7 Å². The molecule has 1 heterocycles. The van der Waals surface area contributed by atoms with Crippen LogP contribution in [-0.2, 0) is 30.4 Å². The minimum atomic E-state index is -1.52. The molecule has 0 spiro atoms. The highest BCUT2D eigenvalue weighted by Gasteiger charge is 2.28. The molecular weight excluding hydrogens is 478 g/mol. The van der Waals surface area contributed by atoms with Gasteiger partial charge in [0.2, 0.25) is 17.7 Å². The largest absolute Gasteiger partial charge is 0.481 e. The number of carboxylic acids is 2. The van der Waals surface area contributed by atoms with Crippen LogP contribution in [0.1, 0.15) is 18.4 Å². The molecule has 1 aromatic heterocycles. The minimum absolute atomic E-state index is 0.125. The van der Waals surface area contributed by atoms with Crippen molar-refractivity contribution in [1.29, 1.82) is 0 Å². The number of H-pyrrole nitrogens is 1. The smallest absolute Gasteiger partial charge is 0.326 e. The van der Waals surface area contributed by atoms with Crippen molar-refractivity contribution in [3.63, 3.8) is 0 Å². The summed E-state index contributed by atoms with van der Waals surface area (Å²) in [5, 5.41) is 26.1. The molecule has 3 atom stereocenters. The number of aliphatic carboxylic acids is 2. The van der Waals surface area contributed by atoms with Crippen LogP contribution in [-0.4, -0.2) is 81.5 Å². The van der Waals surface area contributed by atoms with Gasteiger partial charge in [0.15, 0.2) is 0 Å². The number of benzene rings is 1. The van der Waals surface area contributed by atoms with E-state index in [-0.39, 0.29) is 12.8 Å². The zero-order valence-corrected chi connectivity index (χ0v) is 19.9. The normalized spacial score (nSPS) is 13.4. The summed E-state index contributed by atoms with van der Waals surface area (Å²) in [6.07, 6.45) is 3.10.